The molecule has 0 radical (unpaired) electrons. The van der Waals surface area contributed by atoms with Gasteiger partial charge in [-0.05, 0) is 112 Å². The van der Waals surface area contributed by atoms with E-state index in [1.54, 1.807) is 0 Å². The Kier molecular flexibility index (Phi) is 4.26. The highest BCUT2D eigenvalue weighted by molar-refractivity contribution is 5.50. The molecule has 0 spiro atoms. The van der Waals surface area contributed by atoms with Gasteiger partial charge in [-0.25, -0.2) is 0 Å². The smallest absolute Gasteiger partial charge is 0.00966 e. The molecule has 1 heteroatoms. The summed E-state index contributed by atoms with van der Waals surface area (Å²) in [4.78, 5) is 0. The predicted octanol–water partition coefficient (Wildman–Crippen LogP) is 6.26. The Morgan fingerprint density at radius 3 is 2.44 bits per heavy atom. The third kappa shape index (κ3) is 3.15. The van der Waals surface area contributed by atoms with Gasteiger partial charge >= 0.3 is 0 Å². The number of allylic oxidation sites excluding steroid dienone is 4. The van der Waals surface area contributed by atoms with Crippen LogP contribution in [0.15, 0.2) is 22.3 Å². The van der Waals surface area contributed by atoms with Gasteiger partial charge in [0, 0.05) is 5.54 Å². The second-order valence-electron chi connectivity index (χ2n) is 11.4. The van der Waals surface area contributed by atoms with Crippen LogP contribution in [-0.2, 0) is 0 Å². The molecule has 0 aromatic carbocycles. The lowest BCUT2D eigenvalue weighted by atomic mass is 9.67. The van der Waals surface area contributed by atoms with Gasteiger partial charge < -0.3 is 5.32 Å². The van der Waals surface area contributed by atoms with E-state index >= 15 is 0 Å². The highest BCUT2D eigenvalue weighted by atomic mass is 14.9. The fourth-order valence-electron chi connectivity index (χ4n) is 6.57. The van der Waals surface area contributed by atoms with E-state index in [0.29, 0.717) is 5.41 Å². The van der Waals surface area contributed by atoms with Crippen LogP contribution >= 0.6 is 0 Å². The molecule has 1 N–H and O–H groups in total. The molecule has 0 aromatic heterocycles. The van der Waals surface area contributed by atoms with Gasteiger partial charge in [-0.15, -0.1) is 0 Å². The van der Waals surface area contributed by atoms with Crippen molar-refractivity contribution < 1.29 is 0 Å². The topological polar surface area (TPSA) is 12.0 Å². The van der Waals surface area contributed by atoms with Crippen LogP contribution in [0.2, 0.25) is 0 Å². The maximum Gasteiger partial charge on any atom is 0.00966 e. The summed E-state index contributed by atoms with van der Waals surface area (Å²) in [5.74, 6) is 3.42. The monoisotopic (exact) mass is 341 g/mol. The van der Waals surface area contributed by atoms with Gasteiger partial charge in [0.05, 0.1) is 0 Å². The average Bonchev–Trinajstić information content (AvgIpc) is 3.01. The first kappa shape index (κ1) is 17.8. The number of hydrogen-bond donors (Lipinski definition) is 1. The Bertz CT molecular complexity index is 612. The molecular formula is C24H39N. The number of fused-ring (bicyclic) bond motifs is 4. The van der Waals surface area contributed by atoms with Gasteiger partial charge in [-0.2, -0.15) is 0 Å². The molecule has 1 nitrogen and oxygen atoms in total. The van der Waals surface area contributed by atoms with Gasteiger partial charge in [0.2, 0.25) is 0 Å². The Balaban J connectivity index is 1.70. The van der Waals surface area contributed by atoms with Gasteiger partial charge in [0.1, 0.15) is 0 Å². The van der Waals surface area contributed by atoms with Gasteiger partial charge in [0.15, 0.2) is 0 Å². The third-order valence-electron chi connectivity index (χ3n) is 7.56. The van der Waals surface area contributed by atoms with Crippen molar-refractivity contribution in [1.29, 1.82) is 0 Å². The molecule has 0 saturated heterocycles. The molecule has 4 aliphatic rings. The maximum absolute atomic E-state index is 3.86. The number of nitrogens with one attached hydrogen (secondary N) is 1. The van der Waals surface area contributed by atoms with E-state index in [2.05, 4.69) is 46.9 Å². The van der Waals surface area contributed by atoms with Crippen LogP contribution in [0.3, 0.4) is 0 Å². The van der Waals surface area contributed by atoms with Crippen molar-refractivity contribution in [2.75, 3.05) is 6.54 Å². The lowest BCUT2D eigenvalue weighted by molar-refractivity contribution is 0.276. The standard InChI is InChI=1S/C24H39N/c1-15-11-18-16-9-7-8-10-17(16)19-12-24(5,6)13-20(19)22(18)21(15)14-25-23(2,3)4/h15,18,21-22,25H,7-14H2,1-6H3. The normalized spacial score (nSPS) is 37.2. The van der Waals surface area contributed by atoms with E-state index in [-0.39, 0.29) is 5.54 Å². The lowest BCUT2D eigenvalue weighted by Gasteiger charge is -2.38. The fraction of sp³-hybridized carbons (Fsp3) is 0.833. The predicted molar refractivity (Wildman–Crippen MR) is 108 cm³/mol. The molecule has 1 fully saturated rings. The van der Waals surface area contributed by atoms with Crippen LogP contribution in [0.25, 0.3) is 0 Å². The van der Waals surface area contributed by atoms with E-state index in [9.17, 15) is 0 Å². The van der Waals surface area contributed by atoms with E-state index in [1.807, 2.05) is 22.3 Å². The zero-order valence-electron chi connectivity index (χ0n) is 17.5. The van der Waals surface area contributed by atoms with Gasteiger partial charge in [-0.3, -0.25) is 0 Å². The first-order chi connectivity index (χ1) is 11.7. The summed E-state index contributed by atoms with van der Waals surface area (Å²) in [5.41, 5.74) is 8.23. The summed E-state index contributed by atoms with van der Waals surface area (Å²) in [7, 11) is 0. The molecule has 4 rings (SSSR count). The van der Waals surface area contributed by atoms with Crippen LogP contribution in [0.5, 0.6) is 0 Å². The minimum atomic E-state index is 0.230. The maximum atomic E-state index is 3.86. The summed E-state index contributed by atoms with van der Waals surface area (Å²) >= 11 is 0. The Hall–Kier alpha value is -0.560. The molecule has 4 atom stereocenters. The number of rotatable bonds is 2. The average molecular weight is 342 g/mol. The van der Waals surface area contributed by atoms with Crippen LogP contribution in [0.4, 0.5) is 0 Å². The summed E-state index contributed by atoms with van der Waals surface area (Å²) in [6, 6.07) is 0. The molecule has 1 saturated carbocycles. The summed E-state index contributed by atoms with van der Waals surface area (Å²) in [6.07, 6.45) is 9.80. The zero-order chi connectivity index (χ0) is 18.0. The van der Waals surface area contributed by atoms with Crippen molar-refractivity contribution in [3.63, 3.8) is 0 Å². The zero-order valence-corrected chi connectivity index (χ0v) is 17.5. The molecule has 0 bridgehead atoms. The second kappa shape index (κ2) is 5.98. The Morgan fingerprint density at radius 2 is 1.72 bits per heavy atom. The van der Waals surface area contributed by atoms with Crippen molar-refractivity contribution in [2.24, 2.45) is 29.1 Å². The molecule has 0 heterocycles. The molecule has 0 aliphatic heterocycles. The van der Waals surface area contributed by atoms with Crippen LogP contribution in [0.1, 0.15) is 86.5 Å². The molecule has 4 unspecified atom stereocenters. The highest BCUT2D eigenvalue weighted by Gasteiger charge is 2.51. The fourth-order valence-corrected chi connectivity index (χ4v) is 6.57. The van der Waals surface area contributed by atoms with Crippen molar-refractivity contribution in [2.45, 2.75) is 92.0 Å². The summed E-state index contributed by atoms with van der Waals surface area (Å²) in [5, 5.41) is 3.86. The van der Waals surface area contributed by atoms with Crippen LogP contribution in [-0.4, -0.2) is 12.1 Å². The van der Waals surface area contributed by atoms with Crippen molar-refractivity contribution in [1.82, 2.24) is 5.32 Å². The number of hydrogen-bond acceptors (Lipinski definition) is 1. The molecule has 0 amide bonds. The largest absolute Gasteiger partial charge is 0.312 e. The van der Waals surface area contributed by atoms with Crippen LogP contribution < -0.4 is 5.32 Å². The van der Waals surface area contributed by atoms with Gasteiger partial charge in [0.25, 0.3) is 0 Å². The molecule has 0 aromatic rings. The highest BCUT2D eigenvalue weighted by Crippen LogP contribution is 2.61. The third-order valence-corrected chi connectivity index (χ3v) is 7.56. The lowest BCUT2D eigenvalue weighted by Crippen LogP contribution is -2.42. The first-order valence-corrected chi connectivity index (χ1v) is 10.9. The molecular weight excluding hydrogens is 302 g/mol. The second-order valence-corrected chi connectivity index (χ2v) is 11.4. The van der Waals surface area contributed by atoms with E-state index in [4.69, 9.17) is 0 Å². The Labute approximate surface area is 155 Å². The molecule has 25 heavy (non-hydrogen) atoms. The van der Waals surface area contributed by atoms with Crippen molar-refractivity contribution >= 4 is 0 Å². The van der Waals surface area contributed by atoms with Crippen molar-refractivity contribution in [3.05, 3.63) is 22.3 Å². The first-order valence-electron chi connectivity index (χ1n) is 10.9. The summed E-state index contributed by atoms with van der Waals surface area (Å²) in [6.45, 7) is 15.7. The van der Waals surface area contributed by atoms with E-state index in [1.165, 1.54) is 51.5 Å². The van der Waals surface area contributed by atoms with Gasteiger partial charge in [-0.1, -0.05) is 31.9 Å². The van der Waals surface area contributed by atoms with Crippen LogP contribution in [0, 0.1) is 29.1 Å². The van der Waals surface area contributed by atoms with Crippen molar-refractivity contribution in [3.8, 4) is 0 Å². The Morgan fingerprint density at radius 1 is 1.00 bits per heavy atom. The van der Waals surface area contributed by atoms with E-state index in [0.717, 1.165) is 23.7 Å². The van der Waals surface area contributed by atoms with E-state index < -0.39 is 0 Å². The SMILES string of the molecule is CC1CC2C3=C(CCCC3)C3=C(CC(C)(C)C3)C2C1CNC(C)(C)C. The summed E-state index contributed by atoms with van der Waals surface area (Å²) < 4.78 is 0. The minimum absolute atomic E-state index is 0.230. The minimum Gasteiger partial charge on any atom is -0.312 e. The molecule has 4 aliphatic carbocycles. The molecule has 140 valence electrons. The quantitative estimate of drug-likeness (QED) is 0.624.